The molecule has 2 aromatic heterocycles. The number of nitrogens with zero attached hydrogens (tertiary/aromatic N) is 3. The number of aromatic nitrogens is 3. The predicted octanol–water partition coefficient (Wildman–Crippen LogP) is 2.11. The molecule has 0 aliphatic rings. The van der Waals surface area contributed by atoms with Crippen molar-refractivity contribution in [1.29, 1.82) is 0 Å². The van der Waals surface area contributed by atoms with Crippen LogP contribution in [0.15, 0.2) is 16.9 Å². The Morgan fingerprint density at radius 1 is 1.44 bits per heavy atom. The van der Waals surface area contributed by atoms with Gasteiger partial charge in [0.1, 0.15) is 12.0 Å². The SMILES string of the molecule is CCCNC(c1coc(C)n1)c1c(C)cnn1C. The third kappa shape index (κ3) is 2.46. The van der Waals surface area contributed by atoms with Crippen LogP contribution >= 0.6 is 0 Å². The van der Waals surface area contributed by atoms with Crippen LogP contribution in [-0.2, 0) is 7.05 Å². The lowest BCUT2D eigenvalue weighted by molar-refractivity contribution is 0.513. The Labute approximate surface area is 107 Å². The fraction of sp³-hybridized carbons (Fsp3) is 0.538. The van der Waals surface area contributed by atoms with Gasteiger partial charge in [-0.15, -0.1) is 0 Å². The average molecular weight is 248 g/mol. The van der Waals surface area contributed by atoms with E-state index < -0.39 is 0 Å². The number of oxazole rings is 1. The lowest BCUT2D eigenvalue weighted by atomic mass is 10.1. The van der Waals surface area contributed by atoms with Gasteiger partial charge in [-0.25, -0.2) is 4.98 Å². The molecule has 0 aliphatic heterocycles. The van der Waals surface area contributed by atoms with Crippen LogP contribution in [0, 0.1) is 13.8 Å². The summed E-state index contributed by atoms with van der Waals surface area (Å²) in [5.74, 6) is 0.688. The molecule has 1 N–H and O–H groups in total. The van der Waals surface area contributed by atoms with Gasteiger partial charge in [0.25, 0.3) is 0 Å². The van der Waals surface area contributed by atoms with Gasteiger partial charge in [0.2, 0.25) is 0 Å². The summed E-state index contributed by atoms with van der Waals surface area (Å²) < 4.78 is 7.22. The Kier molecular flexibility index (Phi) is 3.81. The van der Waals surface area contributed by atoms with Crippen molar-refractivity contribution in [3.63, 3.8) is 0 Å². The van der Waals surface area contributed by atoms with E-state index in [1.165, 1.54) is 0 Å². The first-order valence-corrected chi connectivity index (χ1v) is 6.27. The standard InChI is InChI=1S/C13H20N4O/c1-5-6-14-12(11-8-18-10(3)16-11)13-9(2)7-15-17(13)4/h7-8,12,14H,5-6H2,1-4H3. The van der Waals surface area contributed by atoms with E-state index in [1.807, 2.05) is 24.9 Å². The van der Waals surface area contributed by atoms with Crippen LogP contribution in [-0.4, -0.2) is 21.3 Å². The highest BCUT2D eigenvalue weighted by Gasteiger charge is 2.22. The zero-order chi connectivity index (χ0) is 13.1. The molecule has 0 bridgehead atoms. The lowest BCUT2D eigenvalue weighted by Gasteiger charge is -2.17. The molecule has 5 heteroatoms. The first kappa shape index (κ1) is 12.8. The topological polar surface area (TPSA) is 55.9 Å². The summed E-state index contributed by atoms with van der Waals surface area (Å²) in [5, 5.41) is 7.80. The largest absolute Gasteiger partial charge is 0.449 e. The quantitative estimate of drug-likeness (QED) is 0.880. The van der Waals surface area contributed by atoms with Crippen molar-refractivity contribution in [2.45, 2.75) is 33.2 Å². The molecule has 0 aliphatic carbocycles. The number of rotatable bonds is 5. The van der Waals surface area contributed by atoms with E-state index in [0.717, 1.165) is 29.9 Å². The van der Waals surface area contributed by atoms with Crippen molar-refractivity contribution in [3.05, 3.63) is 35.3 Å². The van der Waals surface area contributed by atoms with Crippen molar-refractivity contribution in [2.75, 3.05) is 6.54 Å². The normalized spacial score (nSPS) is 12.9. The number of hydrogen-bond acceptors (Lipinski definition) is 4. The van der Waals surface area contributed by atoms with E-state index in [1.54, 1.807) is 6.26 Å². The van der Waals surface area contributed by atoms with E-state index >= 15 is 0 Å². The molecule has 0 amide bonds. The predicted molar refractivity (Wildman–Crippen MR) is 69.3 cm³/mol. The molecular formula is C13H20N4O. The van der Waals surface area contributed by atoms with Crippen molar-refractivity contribution in [2.24, 2.45) is 7.05 Å². The van der Waals surface area contributed by atoms with E-state index in [4.69, 9.17) is 4.42 Å². The summed E-state index contributed by atoms with van der Waals surface area (Å²) in [4.78, 5) is 4.43. The molecule has 0 spiro atoms. The zero-order valence-corrected chi connectivity index (χ0v) is 11.4. The number of nitrogens with one attached hydrogen (secondary N) is 1. The van der Waals surface area contributed by atoms with Gasteiger partial charge in [-0.05, 0) is 25.5 Å². The van der Waals surface area contributed by atoms with Gasteiger partial charge in [-0.2, -0.15) is 5.10 Å². The van der Waals surface area contributed by atoms with Gasteiger partial charge in [-0.3, -0.25) is 4.68 Å². The third-order valence-electron chi connectivity index (χ3n) is 2.98. The molecule has 18 heavy (non-hydrogen) atoms. The molecule has 0 saturated carbocycles. The van der Waals surface area contributed by atoms with Crippen LogP contribution in [0.3, 0.4) is 0 Å². The summed E-state index contributed by atoms with van der Waals surface area (Å²) in [5.41, 5.74) is 3.20. The molecule has 0 aromatic carbocycles. The summed E-state index contributed by atoms with van der Waals surface area (Å²) in [6.07, 6.45) is 4.67. The van der Waals surface area contributed by atoms with E-state index in [0.29, 0.717) is 5.89 Å². The smallest absolute Gasteiger partial charge is 0.191 e. The molecule has 98 valence electrons. The van der Waals surface area contributed by atoms with Gasteiger partial charge >= 0.3 is 0 Å². The van der Waals surface area contributed by atoms with E-state index in [2.05, 4.69) is 29.2 Å². The molecule has 2 aromatic rings. The Morgan fingerprint density at radius 2 is 2.22 bits per heavy atom. The summed E-state index contributed by atoms with van der Waals surface area (Å²) >= 11 is 0. The Hall–Kier alpha value is -1.62. The zero-order valence-electron chi connectivity index (χ0n) is 11.4. The Bertz CT molecular complexity index is 495. The molecule has 2 rings (SSSR count). The van der Waals surface area contributed by atoms with Gasteiger partial charge in [0, 0.05) is 14.0 Å². The van der Waals surface area contributed by atoms with E-state index in [9.17, 15) is 0 Å². The molecule has 1 atom stereocenters. The number of hydrogen-bond donors (Lipinski definition) is 1. The van der Waals surface area contributed by atoms with Crippen molar-refractivity contribution in [3.8, 4) is 0 Å². The maximum atomic E-state index is 5.32. The van der Waals surface area contributed by atoms with Crippen molar-refractivity contribution in [1.82, 2.24) is 20.1 Å². The van der Waals surface area contributed by atoms with Crippen LogP contribution in [0.5, 0.6) is 0 Å². The van der Waals surface area contributed by atoms with Gasteiger partial charge in [0.15, 0.2) is 5.89 Å². The van der Waals surface area contributed by atoms with Crippen LogP contribution < -0.4 is 5.32 Å². The van der Waals surface area contributed by atoms with Crippen LogP contribution in [0.4, 0.5) is 0 Å². The molecule has 2 heterocycles. The van der Waals surface area contributed by atoms with Gasteiger partial charge in [-0.1, -0.05) is 6.92 Å². The minimum atomic E-state index is 0.0369. The minimum absolute atomic E-state index is 0.0369. The molecule has 0 saturated heterocycles. The van der Waals surface area contributed by atoms with E-state index in [-0.39, 0.29) is 6.04 Å². The lowest BCUT2D eigenvalue weighted by Crippen LogP contribution is -2.26. The van der Waals surface area contributed by atoms with Crippen molar-refractivity contribution >= 4 is 0 Å². The third-order valence-corrected chi connectivity index (χ3v) is 2.98. The summed E-state index contributed by atoms with van der Waals surface area (Å²) in [6, 6.07) is 0.0369. The second-order valence-electron chi connectivity index (χ2n) is 4.51. The maximum Gasteiger partial charge on any atom is 0.191 e. The van der Waals surface area contributed by atoms with Gasteiger partial charge in [0.05, 0.1) is 17.9 Å². The maximum absolute atomic E-state index is 5.32. The monoisotopic (exact) mass is 248 g/mol. The number of aryl methyl sites for hydroxylation is 3. The Morgan fingerprint density at radius 3 is 2.72 bits per heavy atom. The fourth-order valence-corrected chi connectivity index (χ4v) is 2.11. The highest BCUT2D eigenvalue weighted by atomic mass is 16.3. The summed E-state index contributed by atoms with van der Waals surface area (Å²) in [6.45, 7) is 7.00. The fourth-order valence-electron chi connectivity index (χ4n) is 2.11. The van der Waals surface area contributed by atoms with Crippen LogP contribution in [0.1, 0.15) is 42.2 Å². The van der Waals surface area contributed by atoms with Crippen LogP contribution in [0.25, 0.3) is 0 Å². The second-order valence-corrected chi connectivity index (χ2v) is 4.51. The highest BCUT2D eigenvalue weighted by molar-refractivity contribution is 5.26. The first-order valence-electron chi connectivity index (χ1n) is 6.27. The molecule has 5 nitrogen and oxygen atoms in total. The minimum Gasteiger partial charge on any atom is -0.449 e. The second kappa shape index (κ2) is 5.35. The molecule has 0 radical (unpaired) electrons. The van der Waals surface area contributed by atoms with Crippen molar-refractivity contribution < 1.29 is 4.42 Å². The first-order chi connectivity index (χ1) is 8.63. The molecular weight excluding hydrogens is 228 g/mol. The molecule has 0 fully saturated rings. The van der Waals surface area contributed by atoms with Crippen LogP contribution in [0.2, 0.25) is 0 Å². The highest BCUT2D eigenvalue weighted by Crippen LogP contribution is 2.23. The van der Waals surface area contributed by atoms with Gasteiger partial charge < -0.3 is 9.73 Å². The molecule has 1 unspecified atom stereocenters. The Balaban J connectivity index is 2.36. The average Bonchev–Trinajstić information content (AvgIpc) is 2.90. The summed E-state index contributed by atoms with van der Waals surface area (Å²) in [7, 11) is 1.95.